The van der Waals surface area contributed by atoms with E-state index in [4.69, 9.17) is 5.11 Å². The Hall–Kier alpha value is -0.820. The van der Waals surface area contributed by atoms with E-state index in [9.17, 15) is 0 Å². The summed E-state index contributed by atoms with van der Waals surface area (Å²) in [6.45, 7) is 8.03. The fourth-order valence-corrected chi connectivity index (χ4v) is 1.23. The van der Waals surface area contributed by atoms with Crippen molar-refractivity contribution in [3.05, 3.63) is 36.5 Å². The largest absolute Gasteiger partial charge is 0.396 e. The van der Waals surface area contributed by atoms with E-state index in [-0.39, 0.29) is 6.61 Å². The summed E-state index contributed by atoms with van der Waals surface area (Å²) in [7, 11) is 0. The molecule has 1 atom stereocenters. The molecule has 1 heteroatoms. The monoisotopic (exact) mass is 180 g/mol. The Morgan fingerprint density at radius 2 is 2.23 bits per heavy atom. The Kier molecular flexibility index (Phi) is 7.32. The highest BCUT2D eigenvalue weighted by Gasteiger charge is 2.05. The molecule has 0 aromatic carbocycles. The van der Waals surface area contributed by atoms with Gasteiger partial charge in [0.25, 0.3) is 0 Å². The van der Waals surface area contributed by atoms with Crippen LogP contribution in [0.15, 0.2) is 36.5 Å². The zero-order valence-corrected chi connectivity index (χ0v) is 8.66. The first kappa shape index (κ1) is 12.2. The standard InChI is InChI=1S/C12H20O/c1-4-7-12(8-5-2)9-11(6-3)10-13/h4-5,7-8,11,13H,1,6,9-10H2,2-3H3/b8-5-,12-7+. The summed E-state index contributed by atoms with van der Waals surface area (Å²) in [6.07, 6.45) is 9.82. The van der Waals surface area contributed by atoms with Crippen molar-refractivity contribution < 1.29 is 5.11 Å². The molecule has 0 radical (unpaired) electrons. The summed E-state index contributed by atoms with van der Waals surface area (Å²) >= 11 is 0. The zero-order chi connectivity index (χ0) is 10.1. The van der Waals surface area contributed by atoms with Gasteiger partial charge < -0.3 is 5.11 Å². The smallest absolute Gasteiger partial charge is 0.0462 e. The summed E-state index contributed by atoms with van der Waals surface area (Å²) < 4.78 is 0. The first-order valence-corrected chi connectivity index (χ1v) is 4.83. The van der Waals surface area contributed by atoms with Gasteiger partial charge in [0.05, 0.1) is 0 Å². The maximum atomic E-state index is 9.03. The Bertz CT molecular complexity index is 185. The lowest BCUT2D eigenvalue weighted by molar-refractivity contribution is 0.222. The predicted octanol–water partition coefficient (Wildman–Crippen LogP) is 3.08. The normalized spacial score (nSPS) is 14.8. The van der Waals surface area contributed by atoms with Gasteiger partial charge in [0.2, 0.25) is 0 Å². The summed E-state index contributed by atoms with van der Waals surface area (Å²) in [6, 6.07) is 0. The molecule has 1 N–H and O–H groups in total. The molecule has 0 aromatic rings. The molecule has 0 saturated heterocycles. The quantitative estimate of drug-likeness (QED) is 0.623. The molecular formula is C12H20O. The first-order chi connectivity index (χ1) is 6.28. The Labute approximate surface area is 81.5 Å². The summed E-state index contributed by atoms with van der Waals surface area (Å²) in [4.78, 5) is 0. The zero-order valence-electron chi connectivity index (χ0n) is 8.66. The molecule has 0 bridgehead atoms. The maximum Gasteiger partial charge on any atom is 0.0462 e. The van der Waals surface area contributed by atoms with Crippen molar-refractivity contribution in [2.75, 3.05) is 6.61 Å². The van der Waals surface area contributed by atoms with Gasteiger partial charge in [0.15, 0.2) is 0 Å². The number of aliphatic hydroxyl groups excluding tert-OH is 1. The van der Waals surface area contributed by atoms with Crippen LogP contribution in [-0.4, -0.2) is 11.7 Å². The fraction of sp³-hybridized carbons (Fsp3) is 0.500. The van der Waals surface area contributed by atoms with Gasteiger partial charge in [-0.3, -0.25) is 0 Å². The van der Waals surface area contributed by atoms with Crippen molar-refractivity contribution in [1.29, 1.82) is 0 Å². The van der Waals surface area contributed by atoms with Crippen LogP contribution in [0.25, 0.3) is 0 Å². The van der Waals surface area contributed by atoms with Crippen LogP contribution in [0.1, 0.15) is 26.7 Å². The number of hydrogen-bond donors (Lipinski definition) is 1. The molecule has 0 heterocycles. The molecule has 0 rings (SSSR count). The van der Waals surface area contributed by atoms with Crippen molar-refractivity contribution in [1.82, 2.24) is 0 Å². The minimum Gasteiger partial charge on any atom is -0.396 e. The van der Waals surface area contributed by atoms with Crippen LogP contribution in [0.3, 0.4) is 0 Å². The van der Waals surface area contributed by atoms with Gasteiger partial charge in [-0.15, -0.1) is 0 Å². The van der Waals surface area contributed by atoms with E-state index in [1.54, 1.807) is 6.08 Å². The lowest BCUT2D eigenvalue weighted by Gasteiger charge is -2.11. The average Bonchev–Trinajstić information content (AvgIpc) is 2.14. The van der Waals surface area contributed by atoms with Gasteiger partial charge in [-0.2, -0.15) is 0 Å². The molecule has 0 amide bonds. The van der Waals surface area contributed by atoms with Crippen molar-refractivity contribution in [2.24, 2.45) is 5.92 Å². The molecule has 1 unspecified atom stereocenters. The molecule has 0 aromatic heterocycles. The Morgan fingerprint density at radius 3 is 2.62 bits per heavy atom. The molecule has 1 nitrogen and oxygen atoms in total. The van der Waals surface area contributed by atoms with Crippen LogP contribution < -0.4 is 0 Å². The van der Waals surface area contributed by atoms with Crippen molar-refractivity contribution in [3.8, 4) is 0 Å². The Morgan fingerprint density at radius 1 is 1.54 bits per heavy atom. The van der Waals surface area contributed by atoms with Crippen LogP contribution in [0.2, 0.25) is 0 Å². The van der Waals surface area contributed by atoms with Crippen molar-refractivity contribution >= 4 is 0 Å². The SMILES string of the molecule is C=C/C=C(\C=C/C)CC(CC)CO. The lowest BCUT2D eigenvalue weighted by Crippen LogP contribution is -2.04. The summed E-state index contributed by atoms with van der Waals surface area (Å²) in [5.74, 6) is 0.377. The van der Waals surface area contributed by atoms with Gasteiger partial charge in [-0.05, 0) is 24.8 Å². The summed E-state index contributed by atoms with van der Waals surface area (Å²) in [5, 5.41) is 9.03. The highest BCUT2D eigenvalue weighted by molar-refractivity contribution is 5.22. The van der Waals surface area contributed by atoms with Crippen molar-refractivity contribution in [3.63, 3.8) is 0 Å². The van der Waals surface area contributed by atoms with E-state index >= 15 is 0 Å². The van der Waals surface area contributed by atoms with Crippen molar-refractivity contribution in [2.45, 2.75) is 26.7 Å². The first-order valence-electron chi connectivity index (χ1n) is 4.83. The summed E-state index contributed by atoms with van der Waals surface area (Å²) in [5.41, 5.74) is 1.23. The second-order valence-corrected chi connectivity index (χ2v) is 3.14. The van der Waals surface area contributed by atoms with Gasteiger partial charge in [0.1, 0.15) is 0 Å². The maximum absolute atomic E-state index is 9.03. The molecular weight excluding hydrogens is 160 g/mol. The van der Waals surface area contributed by atoms with Gasteiger partial charge in [-0.1, -0.05) is 44.2 Å². The molecule has 13 heavy (non-hydrogen) atoms. The van der Waals surface area contributed by atoms with E-state index < -0.39 is 0 Å². The van der Waals surface area contributed by atoms with E-state index in [2.05, 4.69) is 19.6 Å². The lowest BCUT2D eigenvalue weighted by atomic mass is 9.97. The van der Waals surface area contributed by atoms with E-state index in [0.29, 0.717) is 5.92 Å². The second kappa shape index (κ2) is 7.81. The molecule has 0 spiro atoms. The van der Waals surface area contributed by atoms with Crippen LogP contribution in [-0.2, 0) is 0 Å². The van der Waals surface area contributed by atoms with E-state index in [1.165, 1.54) is 5.57 Å². The molecule has 0 aliphatic rings. The van der Waals surface area contributed by atoms with Gasteiger partial charge in [0, 0.05) is 6.61 Å². The van der Waals surface area contributed by atoms with E-state index in [1.807, 2.05) is 19.1 Å². The number of rotatable bonds is 6. The minimum atomic E-state index is 0.266. The van der Waals surface area contributed by atoms with Crippen LogP contribution in [0.4, 0.5) is 0 Å². The molecule has 0 aliphatic heterocycles. The van der Waals surface area contributed by atoms with Crippen LogP contribution >= 0.6 is 0 Å². The van der Waals surface area contributed by atoms with Gasteiger partial charge in [-0.25, -0.2) is 0 Å². The van der Waals surface area contributed by atoms with E-state index in [0.717, 1.165) is 12.8 Å². The molecule has 74 valence electrons. The third-order valence-electron chi connectivity index (χ3n) is 2.07. The third-order valence-corrected chi connectivity index (χ3v) is 2.07. The highest BCUT2D eigenvalue weighted by atomic mass is 16.3. The van der Waals surface area contributed by atoms with Crippen LogP contribution in [0, 0.1) is 5.92 Å². The average molecular weight is 180 g/mol. The third kappa shape index (κ3) is 5.42. The topological polar surface area (TPSA) is 20.2 Å². The molecule has 0 saturated carbocycles. The number of hydrogen-bond acceptors (Lipinski definition) is 1. The number of allylic oxidation sites excluding steroid dienone is 5. The predicted molar refractivity (Wildman–Crippen MR) is 58.6 cm³/mol. The minimum absolute atomic E-state index is 0.266. The fourth-order valence-electron chi connectivity index (χ4n) is 1.23. The van der Waals surface area contributed by atoms with Crippen LogP contribution in [0.5, 0.6) is 0 Å². The second-order valence-electron chi connectivity index (χ2n) is 3.14. The number of aliphatic hydroxyl groups is 1. The molecule has 0 aliphatic carbocycles. The Balaban J connectivity index is 4.23. The highest BCUT2D eigenvalue weighted by Crippen LogP contribution is 2.15. The molecule has 0 fully saturated rings. The van der Waals surface area contributed by atoms with Gasteiger partial charge >= 0.3 is 0 Å².